The highest BCUT2D eigenvalue weighted by Crippen LogP contribution is 2.33. The first-order chi connectivity index (χ1) is 19.9. The van der Waals surface area contributed by atoms with Gasteiger partial charge in [0.2, 0.25) is 0 Å². The van der Waals surface area contributed by atoms with Gasteiger partial charge in [0.25, 0.3) is 17.5 Å². The predicted molar refractivity (Wildman–Crippen MR) is 154 cm³/mol. The predicted octanol–water partition coefficient (Wildman–Crippen LogP) is 3.42. The Morgan fingerprint density at radius 1 is 1.12 bits per heavy atom. The van der Waals surface area contributed by atoms with Gasteiger partial charge < -0.3 is 24.6 Å². The van der Waals surface area contributed by atoms with Crippen LogP contribution in [0.15, 0.2) is 24.0 Å². The molecule has 2 fully saturated rings. The molecule has 6 atom stereocenters. The van der Waals surface area contributed by atoms with E-state index < -0.39 is 47.4 Å². The largest absolute Gasteiger partial charge is 0.462 e. The molecule has 2 aliphatic heterocycles. The van der Waals surface area contributed by atoms with Crippen molar-refractivity contribution in [2.24, 2.45) is 23.7 Å². The lowest BCUT2D eigenvalue weighted by Gasteiger charge is -2.38. The minimum atomic E-state index is -2.31. The third kappa shape index (κ3) is 8.37. The van der Waals surface area contributed by atoms with E-state index in [2.05, 4.69) is 0 Å². The first-order valence-corrected chi connectivity index (χ1v) is 15.3. The number of Topliss-reactive ketones (excluding diaryl/α,β-unsaturated/α-hetero) is 2. The second-order valence-electron chi connectivity index (χ2n) is 12.5. The Morgan fingerprint density at radius 2 is 1.81 bits per heavy atom. The summed E-state index contributed by atoms with van der Waals surface area (Å²) in [5.41, 5.74) is 0.438. The fourth-order valence-electron chi connectivity index (χ4n) is 6.22. The Hall–Kier alpha value is -2.85. The number of rotatable bonds is 12. The molecule has 3 aliphatic rings. The van der Waals surface area contributed by atoms with Gasteiger partial charge in [0, 0.05) is 24.8 Å². The summed E-state index contributed by atoms with van der Waals surface area (Å²) in [6.45, 7) is 7.02. The van der Waals surface area contributed by atoms with Gasteiger partial charge in [0.05, 0.1) is 12.4 Å². The third-order valence-electron chi connectivity index (χ3n) is 9.09. The average molecular weight is 590 g/mol. The summed E-state index contributed by atoms with van der Waals surface area (Å²) >= 11 is 0. The number of ether oxygens (including phenoxy) is 2. The zero-order valence-electron chi connectivity index (χ0n) is 25.3. The molecule has 0 radical (unpaired) electrons. The summed E-state index contributed by atoms with van der Waals surface area (Å²) < 4.78 is 11.2. The van der Waals surface area contributed by atoms with E-state index in [1.807, 2.05) is 6.92 Å². The van der Waals surface area contributed by atoms with Crippen molar-refractivity contribution in [3.05, 3.63) is 24.0 Å². The fourth-order valence-corrected chi connectivity index (χ4v) is 6.22. The van der Waals surface area contributed by atoms with Gasteiger partial charge in [0.15, 0.2) is 0 Å². The zero-order chi connectivity index (χ0) is 31.0. The fraction of sp³-hybridized carbons (Fsp3) is 0.719. The van der Waals surface area contributed by atoms with Crippen LogP contribution in [-0.4, -0.2) is 75.4 Å². The number of likely N-dealkylation sites (tertiary alicyclic amines) is 1. The van der Waals surface area contributed by atoms with Crippen LogP contribution in [-0.2, 0) is 33.4 Å². The zero-order valence-corrected chi connectivity index (χ0v) is 25.3. The quantitative estimate of drug-likeness (QED) is 0.151. The van der Waals surface area contributed by atoms with Crippen LogP contribution in [0, 0.1) is 23.7 Å². The maximum atomic E-state index is 13.6. The van der Waals surface area contributed by atoms with Crippen molar-refractivity contribution >= 4 is 29.7 Å². The van der Waals surface area contributed by atoms with Crippen LogP contribution in [0.4, 0.5) is 0 Å². The first kappa shape index (κ1) is 33.6. The minimum absolute atomic E-state index is 0.0525. The highest BCUT2D eigenvalue weighted by atomic mass is 16.6. The number of aliphatic hydroxyl groups is 2. The van der Waals surface area contributed by atoms with Gasteiger partial charge in [-0.25, -0.2) is 4.79 Å². The standard InChI is InChI=1S/C32H47NO9/c1-20(19-34)16-21(2)27(36)18-28(22(3)17-24-10-12-25(35)13-11-24)42-31(39)26-9-5-6-14-33(26)30(38)29(37)32(40)23(4)8-7-15-41-32/h7,15-16,19,21-26,28,35,40H,5-6,8-14,17-18H2,1-4H3/b20-16+/t21-,22-,23-,24?,25?,26+,28+,32-/m1/s1. The molecule has 1 saturated heterocycles. The van der Waals surface area contributed by atoms with Crippen molar-refractivity contribution in [2.75, 3.05) is 6.54 Å². The molecule has 1 saturated carbocycles. The smallest absolute Gasteiger partial charge is 0.329 e. The topological polar surface area (TPSA) is 148 Å². The number of allylic oxidation sites excluding steroid dienone is 3. The normalized spacial score (nSPS) is 30.4. The molecule has 0 unspecified atom stereocenters. The molecule has 0 aromatic rings. The molecule has 2 N–H and O–H groups in total. The van der Waals surface area contributed by atoms with Crippen LogP contribution >= 0.6 is 0 Å². The number of nitrogens with zero attached hydrogens (tertiary/aromatic N) is 1. The van der Waals surface area contributed by atoms with E-state index in [4.69, 9.17) is 9.47 Å². The van der Waals surface area contributed by atoms with Crippen LogP contribution in [0.25, 0.3) is 0 Å². The van der Waals surface area contributed by atoms with Crippen LogP contribution in [0.1, 0.15) is 91.9 Å². The number of carbonyl (C=O) groups is 5. The van der Waals surface area contributed by atoms with Crippen molar-refractivity contribution in [2.45, 2.75) is 116 Å². The Kier molecular flexibility index (Phi) is 12.1. The molecule has 0 aromatic heterocycles. The van der Waals surface area contributed by atoms with Gasteiger partial charge in [-0.3, -0.25) is 19.2 Å². The number of aldehydes is 1. The van der Waals surface area contributed by atoms with Crippen molar-refractivity contribution < 1.29 is 43.7 Å². The molecule has 2 heterocycles. The number of piperidine rings is 1. The molecule has 1 amide bonds. The second kappa shape index (κ2) is 15.0. The van der Waals surface area contributed by atoms with Crippen molar-refractivity contribution in [1.29, 1.82) is 0 Å². The summed E-state index contributed by atoms with van der Waals surface area (Å²) in [4.78, 5) is 65.6. The SMILES string of the molecule is C/C(C=O)=C\[C@@H](C)C(=O)C[C@H](OC(=O)[C@@H]1CCCCN1C(=O)C(=O)[C@]1(O)OC=CC[C@H]1C)[C@H](C)CC1CCC(O)CC1. The van der Waals surface area contributed by atoms with Gasteiger partial charge in [0.1, 0.15) is 24.2 Å². The molecular formula is C32H47NO9. The Morgan fingerprint density at radius 3 is 2.45 bits per heavy atom. The average Bonchev–Trinajstić information content (AvgIpc) is 2.98. The van der Waals surface area contributed by atoms with Gasteiger partial charge in [-0.1, -0.05) is 26.8 Å². The molecule has 234 valence electrons. The monoisotopic (exact) mass is 589 g/mol. The molecule has 0 aromatic carbocycles. The minimum Gasteiger partial charge on any atom is -0.462 e. The lowest BCUT2D eigenvalue weighted by molar-refractivity contribution is -0.210. The summed E-state index contributed by atoms with van der Waals surface area (Å²) in [7, 11) is 0. The van der Waals surface area contributed by atoms with Crippen LogP contribution in [0.5, 0.6) is 0 Å². The maximum Gasteiger partial charge on any atom is 0.329 e. The summed E-state index contributed by atoms with van der Waals surface area (Å²) in [5, 5.41) is 20.8. The van der Waals surface area contributed by atoms with Gasteiger partial charge in [-0.05, 0) is 88.2 Å². The Bertz CT molecular complexity index is 1060. The van der Waals surface area contributed by atoms with E-state index in [-0.39, 0.29) is 30.8 Å². The lowest BCUT2D eigenvalue weighted by atomic mass is 9.79. The Labute approximate surface area is 248 Å². The first-order valence-electron chi connectivity index (χ1n) is 15.3. The number of esters is 1. The van der Waals surface area contributed by atoms with E-state index >= 15 is 0 Å². The van der Waals surface area contributed by atoms with Crippen LogP contribution in [0.3, 0.4) is 0 Å². The third-order valence-corrected chi connectivity index (χ3v) is 9.09. The molecule has 1 aliphatic carbocycles. The van der Waals surface area contributed by atoms with E-state index in [0.717, 1.165) is 12.8 Å². The van der Waals surface area contributed by atoms with Gasteiger partial charge >= 0.3 is 5.97 Å². The number of aliphatic hydroxyl groups excluding tert-OH is 1. The molecule has 0 bridgehead atoms. The number of ketones is 2. The van der Waals surface area contributed by atoms with E-state index in [1.54, 1.807) is 32.9 Å². The second-order valence-corrected chi connectivity index (χ2v) is 12.5. The van der Waals surface area contributed by atoms with Crippen molar-refractivity contribution in [1.82, 2.24) is 4.90 Å². The number of hydrogen-bond acceptors (Lipinski definition) is 9. The van der Waals surface area contributed by atoms with E-state index in [0.29, 0.717) is 62.7 Å². The summed E-state index contributed by atoms with van der Waals surface area (Å²) in [6.07, 6.45) is 9.73. The number of carbonyl (C=O) groups excluding carboxylic acids is 5. The van der Waals surface area contributed by atoms with E-state index in [9.17, 15) is 34.2 Å². The molecule has 42 heavy (non-hydrogen) atoms. The molecule has 10 heteroatoms. The summed E-state index contributed by atoms with van der Waals surface area (Å²) in [5.74, 6) is -6.33. The van der Waals surface area contributed by atoms with E-state index in [1.165, 1.54) is 11.2 Å². The Balaban J connectivity index is 1.77. The summed E-state index contributed by atoms with van der Waals surface area (Å²) in [6, 6.07) is -1.03. The van der Waals surface area contributed by atoms with Gasteiger partial charge in [-0.15, -0.1) is 0 Å². The van der Waals surface area contributed by atoms with Crippen LogP contribution in [0.2, 0.25) is 0 Å². The molecule has 10 nitrogen and oxygen atoms in total. The molecular weight excluding hydrogens is 542 g/mol. The lowest BCUT2D eigenvalue weighted by Crippen LogP contribution is -2.58. The molecule has 0 spiro atoms. The number of hydrogen-bond donors (Lipinski definition) is 2. The van der Waals surface area contributed by atoms with Crippen molar-refractivity contribution in [3.8, 4) is 0 Å². The van der Waals surface area contributed by atoms with Crippen LogP contribution < -0.4 is 0 Å². The maximum absolute atomic E-state index is 13.6. The highest BCUT2D eigenvalue weighted by molar-refractivity contribution is 6.39. The van der Waals surface area contributed by atoms with Crippen molar-refractivity contribution in [3.63, 3.8) is 0 Å². The molecule has 3 rings (SSSR count). The van der Waals surface area contributed by atoms with Gasteiger partial charge in [-0.2, -0.15) is 0 Å². The number of amides is 1. The highest BCUT2D eigenvalue weighted by Gasteiger charge is 2.51.